The molecular formula is C14H27NO2S. The smallest absolute Gasteiger partial charge is 0.212 e. The number of hydrogen-bond acceptors (Lipinski definition) is 2. The first-order valence-corrected chi connectivity index (χ1v) is 8.88. The number of nitrogens with zero attached hydrogens (tertiary/aromatic N) is 1. The highest BCUT2D eigenvalue weighted by atomic mass is 32.2. The summed E-state index contributed by atoms with van der Waals surface area (Å²) in [7, 11) is -3.11. The third-order valence-electron chi connectivity index (χ3n) is 4.72. The third-order valence-corrected chi connectivity index (χ3v) is 7.18. The molecule has 106 valence electrons. The van der Waals surface area contributed by atoms with Crippen molar-refractivity contribution in [3.05, 3.63) is 0 Å². The zero-order valence-corrected chi connectivity index (χ0v) is 13.0. The molecule has 0 saturated heterocycles. The molecule has 2 saturated carbocycles. The summed E-state index contributed by atoms with van der Waals surface area (Å²) in [6.07, 6.45) is 5.90. The van der Waals surface area contributed by atoms with Crippen molar-refractivity contribution in [2.45, 2.75) is 71.9 Å². The van der Waals surface area contributed by atoms with E-state index in [2.05, 4.69) is 0 Å². The van der Waals surface area contributed by atoms with E-state index in [0.29, 0.717) is 5.75 Å². The summed E-state index contributed by atoms with van der Waals surface area (Å²) in [4.78, 5) is 0. The summed E-state index contributed by atoms with van der Waals surface area (Å²) in [6, 6.07) is 0.120. The average molecular weight is 273 g/mol. The van der Waals surface area contributed by atoms with E-state index in [9.17, 15) is 8.42 Å². The molecule has 4 heteroatoms. The van der Waals surface area contributed by atoms with Gasteiger partial charge in [-0.1, -0.05) is 0 Å². The summed E-state index contributed by atoms with van der Waals surface area (Å²) < 4.78 is 27.1. The molecule has 18 heavy (non-hydrogen) atoms. The van der Waals surface area contributed by atoms with Crippen LogP contribution in [0.2, 0.25) is 0 Å². The lowest BCUT2D eigenvalue weighted by atomic mass is 9.87. The van der Waals surface area contributed by atoms with E-state index < -0.39 is 10.0 Å². The van der Waals surface area contributed by atoms with Crippen molar-refractivity contribution < 1.29 is 8.42 Å². The van der Waals surface area contributed by atoms with E-state index in [1.807, 2.05) is 27.7 Å². The Kier molecular flexibility index (Phi) is 3.81. The summed E-state index contributed by atoms with van der Waals surface area (Å²) in [5.41, 5.74) is 0.117. The maximum absolute atomic E-state index is 12.7. The molecule has 0 aliphatic heterocycles. The Labute approximate surface area is 112 Å². The fourth-order valence-electron chi connectivity index (χ4n) is 4.21. The van der Waals surface area contributed by atoms with Crippen molar-refractivity contribution in [2.24, 2.45) is 11.3 Å². The van der Waals surface area contributed by atoms with E-state index in [1.165, 1.54) is 12.8 Å². The van der Waals surface area contributed by atoms with Gasteiger partial charge >= 0.3 is 0 Å². The van der Waals surface area contributed by atoms with Crippen LogP contribution in [0.5, 0.6) is 0 Å². The molecule has 0 aromatic heterocycles. The fourth-order valence-corrected chi connectivity index (χ4v) is 6.83. The molecule has 2 bridgehead atoms. The zero-order chi connectivity index (χ0) is 13.6. The van der Waals surface area contributed by atoms with E-state index >= 15 is 0 Å². The van der Waals surface area contributed by atoms with E-state index in [4.69, 9.17) is 0 Å². The van der Waals surface area contributed by atoms with Gasteiger partial charge in [0.05, 0.1) is 5.75 Å². The second kappa shape index (κ2) is 4.78. The number of sulfonamides is 1. The molecular weight excluding hydrogens is 246 g/mol. The van der Waals surface area contributed by atoms with E-state index in [-0.39, 0.29) is 17.5 Å². The first kappa shape index (κ1) is 14.3. The molecule has 0 N–H and O–H groups in total. The van der Waals surface area contributed by atoms with Crippen LogP contribution in [0.15, 0.2) is 0 Å². The maximum atomic E-state index is 12.7. The Balaban J connectivity index is 2.16. The Bertz CT molecular complexity index is 384. The van der Waals surface area contributed by atoms with Gasteiger partial charge in [-0.05, 0) is 71.1 Å². The van der Waals surface area contributed by atoms with Crippen molar-refractivity contribution in [1.29, 1.82) is 0 Å². The lowest BCUT2D eigenvalue weighted by Crippen LogP contribution is -2.46. The first-order chi connectivity index (χ1) is 8.26. The van der Waals surface area contributed by atoms with Crippen LogP contribution in [0, 0.1) is 11.3 Å². The molecule has 0 aromatic carbocycles. The zero-order valence-electron chi connectivity index (χ0n) is 12.1. The highest BCUT2D eigenvalue weighted by Crippen LogP contribution is 2.54. The summed E-state index contributed by atoms with van der Waals surface area (Å²) >= 11 is 0. The quantitative estimate of drug-likeness (QED) is 0.772. The molecule has 0 heterocycles. The Morgan fingerprint density at radius 1 is 1.11 bits per heavy atom. The van der Waals surface area contributed by atoms with Crippen LogP contribution in [-0.4, -0.2) is 30.6 Å². The summed E-state index contributed by atoms with van der Waals surface area (Å²) in [5.74, 6) is 1.19. The van der Waals surface area contributed by atoms with Crippen molar-refractivity contribution in [3.8, 4) is 0 Å². The van der Waals surface area contributed by atoms with Gasteiger partial charge in [0, 0.05) is 12.1 Å². The molecule has 0 atom stereocenters. The minimum absolute atomic E-state index is 0.0602. The molecule has 2 aliphatic rings. The number of rotatable bonds is 5. The van der Waals surface area contributed by atoms with Crippen LogP contribution in [0.4, 0.5) is 0 Å². The second-order valence-corrected chi connectivity index (χ2v) is 8.80. The van der Waals surface area contributed by atoms with Crippen LogP contribution in [0.25, 0.3) is 0 Å². The minimum atomic E-state index is -3.11. The monoisotopic (exact) mass is 273 g/mol. The number of hydrogen-bond donors (Lipinski definition) is 0. The van der Waals surface area contributed by atoms with Crippen LogP contribution in [0.1, 0.15) is 59.8 Å². The minimum Gasteiger partial charge on any atom is -0.212 e. The highest BCUT2D eigenvalue weighted by molar-refractivity contribution is 7.89. The lowest BCUT2D eigenvalue weighted by molar-refractivity contribution is 0.281. The molecule has 2 aliphatic carbocycles. The van der Waals surface area contributed by atoms with Gasteiger partial charge in [-0.15, -0.1) is 0 Å². The molecule has 0 unspecified atom stereocenters. The van der Waals surface area contributed by atoms with Crippen molar-refractivity contribution in [1.82, 2.24) is 4.31 Å². The number of fused-ring (bicyclic) bond motifs is 2. The molecule has 2 rings (SSSR count). The SMILES string of the molecule is CC(C)N(C(C)C)S(=O)(=O)CC12CCC(CC1)C2. The molecule has 2 fully saturated rings. The molecule has 3 nitrogen and oxygen atoms in total. The van der Waals surface area contributed by atoms with Gasteiger partial charge in [0.25, 0.3) is 0 Å². The largest absolute Gasteiger partial charge is 0.215 e. The second-order valence-electron chi connectivity index (χ2n) is 6.92. The Hall–Kier alpha value is -0.0900. The molecule has 0 radical (unpaired) electrons. The van der Waals surface area contributed by atoms with Gasteiger partial charge < -0.3 is 0 Å². The first-order valence-electron chi connectivity index (χ1n) is 7.27. The summed E-state index contributed by atoms with van der Waals surface area (Å²) in [5, 5.41) is 0. The van der Waals surface area contributed by atoms with Crippen LogP contribution in [-0.2, 0) is 10.0 Å². The van der Waals surface area contributed by atoms with Gasteiger partial charge in [0.15, 0.2) is 0 Å². The Morgan fingerprint density at radius 2 is 1.61 bits per heavy atom. The van der Waals surface area contributed by atoms with Gasteiger partial charge in [-0.2, -0.15) is 4.31 Å². The normalized spacial score (nSPS) is 32.1. The van der Waals surface area contributed by atoms with Gasteiger partial charge in [0.2, 0.25) is 10.0 Å². The van der Waals surface area contributed by atoms with Crippen LogP contribution < -0.4 is 0 Å². The standard InChI is InChI=1S/C14H27NO2S/c1-11(2)15(12(3)4)18(16,17)10-14-7-5-13(9-14)6-8-14/h11-13H,5-10H2,1-4H3. The highest BCUT2D eigenvalue weighted by Gasteiger charge is 2.48. The average Bonchev–Trinajstić information content (AvgIpc) is 2.72. The van der Waals surface area contributed by atoms with Crippen molar-refractivity contribution >= 4 is 10.0 Å². The van der Waals surface area contributed by atoms with Gasteiger partial charge in [-0.3, -0.25) is 0 Å². The third kappa shape index (κ3) is 2.60. The van der Waals surface area contributed by atoms with E-state index in [0.717, 1.165) is 25.2 Å². The fraction of sp³-hybridized carbons (Fsp3) is 1.00. The van der Waals surface area contributed by atoms with E-state index in [1.54, 1.807) is 4.31 Å². The lowest BCUT2D eigenvalue weighted by Gasteiger charge is -2.34. The molecule has 0 aromatic rings. The van der Waals surface area contributed by atoms with Crippen LogP contribution >= 0.6 is 0 Å². The van der Waals surface area contributed by atoms with Gasteiger partial charge in [-0.25, -0.2) is 8.42 Å². The Morgan fingerprint density at radius 3 is 1.94 bits per heavy atom. The molecule has 0 spiro atoms. The molecule has 0 amide bonds. The maximum Gasteiger partial charge on any atom is 0.215 e. The predicted molar refractivity (Wildman–Crippen MR) is 74.9 cm³/mol. The predicted octanol–water partition coefficient (Wildman–Crippen LogP) is 3.02. The van der Waals surface area contributed by atoms with Crippen molar-refractivity contribution in [2.75, 3.05) is 5.75 Å². The van der Waals surface area contributed by atoms with Crippen molar-refractivity contribution in [3.63, 3.8) is 0 Å². The topological polar surface area (TPSA) is 37.4 Å². The van der Waals surface area contributed by atoms with Gasteiger partial charge in [0.1, 0.15) is 0 Å². The van der Waals surface area contributed by atoms with Crippen LogP contribution in [0.3, 0.4) is 0 Å². The summed E-state index contributed by atoms with van der Waals surface area (Å²) in [6.45, 7) is 7.89.